The van der Waals surface area contributed by atoms with Crippen LogP contribution in [0, 0.1) is 17.8 Å². The quantitative estimate of drug-likeness (QED) is 0.631. The van der Waals surface area contributed by atoms with Gasteiger partial charge in [0.25, 0.3) is 0 Å². The highest BCUT2D eigenvalue weighted by atomic mass is 16.4. The van der Waals surface area contributed by atoms with E-state index in [0.717, 1.165) is 0 Å². The predicted molar refractivity (Wildman–Crippen MR) is 80.6 cm³/mol. The van der Waals surface area contributed by atoms with Crippen LogP contribution in [0.25, 0.3) is 0 Å². The fraction of sp³-hybridized carbons (Fsp3) is 0.800. The zero-order valence-electron chi connectivity index (χ0n) is 13.8. The number of carboxylic acid groups (broad SMARTS) is 1. The van der Waals surface area contributed by atoms with E-state index < -0.39 is 24.0 Å². The number of aliphatic carboxylic acids is 1. The Labute approximate surface area is 126 Å². The second-order valence-electron chi connectivity index (χ2n) is 6.46. The normalized spacial score (nSPS) is 14.1. The Morgan fingerprint density at radius 2 is 1.33 bits per heavy atom. The highest BCUT2D eigenvalue weighted by Gasteiger charge is 2.30. The van der Waals surface area contributed by atoms with E-state index in [9.17, 15) is 14.4 Å². The van der Waals surface area contributed by atoms with Crippen LogP contribution >= 0.6 is 0 Å². The number of carbonyl (C=O) groups is 3. The Kier molecular flexibility index (Phi) is 7.99. The monoisotopic (exact) mass is 300 g/mol. The van der Waals surface area contributed by atoms with Gasteiger partial charge in [0, 0.05) is 6.42 Å². The molecule has 0 rings (SSSR count). The summed E-state index contributed by atoms with van der Waals surface area (Å²) >= 11 is 0. The Hall–Kier alpha value is -1.59. The number of nitrogens with one attached hydrogen (secondary N) is 2. The van der Waals surface area contributed by atoms with E-state index in [1.807, 2.05) is 27.7 Å². The summed E-state index contributed by atoms with van der Waals surface area (Å²) in [5.41, 5.74) is 0. The maximum absolute atomic E-state index is 12.2. The molecule has 0 fully saturated rings. The van der Waals surface area contributed by atoms with Gasteiger partial charge in [-0.05, 0) is 17.8 Å². The van der Waals surface area contributed by atoms with Crippen molar-refractivity contribution in [1.29, 1.82) is 0 Å². The van der Waals surface area contributed by atoms with Gasteiger partial charge in [-0.25, -0.2) is 4.79 Å². The predicted octanol–water partition coefficient (Wildman–Crippen LogP) is 1.40. The van der Waals surface area contributed by atoms with Crippen molar-refractivity contribution in [3.63, 3.8) is 0 Å². The van der Waals surface area contributed by atoms with Crippen molar-refractivity contribution in [3.8, 4) is 0 Å². The molecule has 0 aliphatic heterocycles. The molecule has 6 heteroatoms. The molecule has 0 unspecified atom stereocenters. The maximum atomic E-state index is 12.2. The van der Waals surface area contributed by atoms with Crippen LogP contribution in [0.2, 0.25) is 0 Å². The number of hydrogen-bond acceptors (Lipinski definition) is 3. The van der Waals surface area contributed by atoms with E-state index >= 15 is 0 Å². The average Bonchev–Trinajstić information content (AvgIpc) is 2.30. The van der Waals surface area contributed by atoms with Crippen molar-refractivity contribution in [2.45, 2.75) is 60.0 Å². The highest BCUT2D eigenvalue weighted by molar-refractivity contribution is 5.90. The lowest BCUT2D eigenvalue weighted by atomic mass is 9.99. The molecule has 21 heavy (non-hydrogen) atoms. The molecule has 0 bridgehead atoms. The molecule has 0 aromatic rings. The first-order valence-corrected chi connectivity index (χ1v) is 7.38. The van der Waals surface area contributed by atoms with Gasteiger partial charge in [0.05, 0.1) is 0 Å². The molecular weight excluding hydrogens is 272 g/mol. The molecule has 0 aliphatic carbocycles. The van der Waals surface area contributed by atoms with Crippen molar-refractivity contribution >= 4 is 17.8 Å². The third-order valence-corrected chi connectivity index (χ3v) is 3.09. The van der Waals surface area contributed by atoms with Crippen molar-refractivity contribution in [1.82, 2.24) is 10.6 Å². The van der Waals surface area contributed by atoms with Gasteiger partial charge in [-0.3, -0.25) is 9.59 Å². The van der Waals surface area contributed by atoms with Gasteiger partial charge >= 0.3 is 5.97 Å². The third kappa shape index (κ3) is 7.11. The Balaban J connectivity index is 4.84. The van der Waals surface area contributed by atoms with Gasteiger partial charge in [0.1, 0.15) is 12.1 Å². The van der Waals surface area contributed by atoms with Crippen LogP contribution in [0.5, 0.6) is 0 Å². The summed E-state index contributed by atoms with van der Waals surface area (Å²) in [6, 6.07) is -1.68. The number of carboxylic acids is 1. The molecule has 3 N–H and O–H groups in total. The summed E-state index contributed by atoms with van der Waals surface area (Å²) in [4.78, 5) is 35.2. The first kappa shape index (κ1) is 19.4. The first-order chi connectivity index (χ1) is 9.56. The summed E-state index contributed by atoms with van der Waals surface area (Å²) in [7, 11) is 0. The molecular formula is C15H28N2O4. The average molecular weight is 300 g/mol. The molecule has 6 nitrogen and oxygen atoms in total. The minimum Gasteiger partial charge on any atom is -0.480 e. The summed E-state index contributed by atoms with van der Waals surface area (Å²) in [5, 5.41) is 14.3. The van der Waals surface area contributed by atoms with Crippen LogP contribution in [0.4, 0.5) is 0 Å². The van der Waals surface area contributed by atoms with Crippen LogP contribution in [0.1, 0.15) is 48.0 Å². The maximum Gasteiger partial charge on any atom is 0.326 e. The minimum absolute atomic E-state index is 0.122. The Morgan fingerprint density at radius 3 is 1.67 bits per heavy atom. The van der Waals surface area contributed by atoms with Crippen molar-refractivity contribution < 1.29 is 19.5 Å². The molecule has 0 heterocycles. The van der Waals surface area contributed by atoms with E-state index in [-0.39, 0.29) is 23.7 Å². The van der Waals surface area contributed by atoms with Gasteiger partial charge in [0.15, 0.2) is 0 Å². The molecule has 0 aliphatic rings. The SMILES string of the molecule is CC(C)CC(=O)N[C@H](C(=O)N[C@H](C(=O)O)C(C)C)C(C)C. The van der Waals surface area contributed by atoms with Crippen LogP contribution in [-0.4, -0.2) is 35.0 Å². The summed E-state index contributed by atoms with van der Waals surface area (Å²) in [5.74, 6) is -1.88. The zero-order chi connectivity index (χ0) is 16.7. The Bertz CT molecular complexity index is 378. The van der Waals surface area contributed by atoms with E-state index in [1.54, 1.807) is 13.8 Å². The topological polar surface area (TPSA) is 95.5 Å². The standard InChI is InChI=1S/C15H28N2O4/c1-8(2)7-11(18)16-12(9(3)4)14(19)17-13(10(5)6)15(20)21/h8-10,12-13H,7H2,1-6H3,(H,16,18)(H,17,19)(H,20,21)/t12-,13-/m0/s1. The molecule has 0 radical (unpaired) electrons. The Morgan fingerprint density at radius 1 is 0.857 bits per heavy atom. The van der Waals surface area contributed by atoms with Gasteiger partial charge in [0.2, 0.25) is 11.8 Å². The number of amides is 2. The van der Waals surface area contributed by atoms with Gasteiger partial charge < -0.3 is 15.7 Å². The molecule has 0 aromatic heterocycles. The lowest BCUT2D eigenvalue weighted by Gasteiger charge is -2.25. The van der Waals surface area contributed by atoms with Crippen molar-refractivity contribution in [2.24, 2.45) is 17.8 Å². The second kappa shape index (κ2) is 8.64. The minimum atomic E-state index is -1.07. The fourth-order valence-electron chi connectivity index (χ4n) is 1.89. The van der Waals surface area contributed by atoms with E-state index in [0.29, 0.717) is 6.42 Å². The van der Waals surface area contributed by atoms with Gasteiger partial charge in [-0.15, -0.1) is 0 Å². The molecule has 2 amide bonds. The largest absolute Gasteiger partial charge is 0.480 e. The van der Waals surface area contributed by atoms with Crippen LogP contribution < -0.4 is 10.6 Å². The number of hydrogen-bond donors (Lipinski definition) is 3. The van der Waals surface area contributed by atoms with Crippen molar-refractivity contribution in [2.75, 3.05) is 0 Å². The smallest absolute Gasteiger partial charge is 0.326 e. The number of carbonyl (C=O) groups excluding carboxylic acids is 2. The molecule has 0 saturated carbocycles. The third-order valence-electron chi connectivity index (χ3n) is 3.09. The number of rotatable bonds is 8. The lowest BCUT2D eigenvalue weighted by molar-refractivity contribution is -0.143. The molecule has 0 saturated heterocycles. The van der Waals surface area contributed by atoms with Crippen LogP contribution in [-0.2, 0) is 14.4 Å². The first-order valence-electron chi connectivity index (χ1n) is 7.38. The summed E-state index contributed by atoms with van der Waals surface area (Å²) < 4.78 is 0. The molecule has 122 valence electrons. The van der Waals surface area contributed by atoms with Gasteiger partial charge in [-0.2, -0.15) is 0 Å². The van der Waals surface area contributed by atoms with Crippen molar-refractivity contribution in [3.05, 3.63) is 0 Å². The van der Waals surface area contributed by atoms with E-state index in [4.69, 9.17) is 5.11 Å². The van der Waals surface area contributed by atoms with Crippen LogP contribution in [0.15, 0.2) is 0 Å². The van der Waals surface area contributed by atoms with E-state index in [2.05, 4.69) is 10.6 Å². The summed E-state index contributed by atoms with van der Waals surface area (Å²) in [6.45, 7) is 10.9. The molecule has 0 spiro atoms. The van der Waals surface area contributed by atoms with Gasteiger partial charge in [-0.1, -0.05) is 41.5 Å². The highest BCUT2D eigenvalue weighted by Crippen LogP contribution is 2.08. The molecule has 2 atom stereocenters. The van der Waals surface area contributed by atoms with E-state index in [1.165, 1.54) is 0 Å². The summed E-state index contributed by atoms with van der Waals surface area (Å²) in [6.07, 6.45) is 0.336. The zero-order valence-corrected chi connectivity index (χ0v) is 13.8. The van der Waals surface area contributed by atoms with Crippen LogP contribution in [0.3, 0.4) is 0 Å². The fourth-order valence-corrected chi connectivity index (χ4v) is 1.89. The second-order valence-corrected chi connectivity index (χ2v) is 6.46. The molecule has 0 aromatic carbocycles. The lowest BCUT2D eigenvalue weighted by Crippen LogP contribution is -2.55.